The minimum Gasteiger partial charge on any atom is -0.355 e. The first kappa shape index (κ1) is 10.1. The molecule has 0 spiro atoms. The number of nitrogens with one attached hydrogen (secondary N) is 1. The first-order chi connectivity index (χ1) is 6.25. The summed E-state index contributed by atoms with van der Waals surface area (Å²) in [5, 5.41) is 2.82. The lowest BCUT2D eigenvalue weighted by molar-refractivity contribution is -0.135. The number of hydrogen-bond acceptors (Lipinski definition) is 2. The molecule has 0 unspecified atom stereocenters. The fourth-order valence-electron chi connectivity index (χ4n) is 1.56. The molecule has 0 aliphatic heterocycles. The van der Waals surface area contributed by atoms with Crippen molar-refractivity contribution in [3.05, 3.63) is 0 Å². The third kappa shape index (κ3) is 2.02. The number of amides is 1. The van der Waals surface area contributed by atoms with E-state index in [2.05, 4.69) is 11.2 Å². The van der Waals surface area contributed by atoms with Crippen LogP contribution in [-0.2, 0) is 4.79 Å². The van der Waals surface area contributed by atoms with E-state index in [4.69, 9.17) is 12.2 Å². The molecule has 1 rings (SSSR count). The van der Waals surface area contributed by atoms with Gasteiger partial charge in [0, 0.05) is 19.5 Å². The van der Waals surface area contributed by atoms with Crippen molar-refractivity contribution in [1.29, 1.82) is 0 Å². The van der Waals surface area contributed by atoms with Gasteiger partial charge in [-0.1, -0.05) is 6.42 Å². The fourth-order valence-corrected chi connectivity index (χ4v) is 1.56. The third-order valence-corrected chi connectivity index (χ3v) is 2.74. The predicted octanol–water partition coefficient (Wildman–Crippen LogP) is 0.255. The molecule has 0 radical (unpaired) electrons. The highest BCUT2D eigenvalue weighted by molar-refractivity contribution is 5.83. The van der Waals surface area contributed by atoms with Gasteiger partial charge in [-0.05, 0) is 12.8 Å². The molecule has 0 aromatic heterocycles. The summed E-state index contributed by atoms with van der Waals surface area (Å²) in [6.07, 6.45) is 8.62. The lowest BCUT2D eigenvalue weighted by Gasteiger charge is -2.39. The average Bonchev–Trinajstić information content (AvgIpc) is 2.04. The molecule has 1 aliphatic carbocycles. The molecule has 1 aliphatic rings. The molecule has 1 amide bonds. The summed E-state index contributed by atoms with van der Waals surface area (Å²) < 4.78 is 0. The van der Waals surface area contributed by atoms with Crippen molar-refractivity contribution < 1.29 is 4.79 Å². The van der Waals surface area contributed by atoms with Gasteiger partial charge in [0.25, 0.3) is 0 Å². The van der Waals surface area contributed by atoms with Gasteiger partial charge in [-0.2, -0.15) is 0 Å². The van der Waals surface area contributed by atoms with Gasteiger partial charge in [0.2, 0.25) is 5.91 Å². The average molecular weight is 180 g/mol. The molecule has 1 fully saturated rings. The Labute approximate surface area is 79.1 Å². The van der Waals surface area contributed by atoms with E-state index in [9.17, 15) is 4.79 Å². The van der Waals surface area contributed by atoms with Crippen molar-refractivity contribution in [2.24, 2.45) is 11.1 Å². The Kier molecular flexibility index (Phi) is 3.32. The first-order valence-electron chi connectivity index (χ1n) is 4.67. The molecule has 0 saturated heterocycles. The van der Waals surface area contributed by atoms with Crippen molar-refractivity contribution in [1.82, 2.24) is 5.32 Å². The minimum absolute atomic E-state index is 0.0801. The maximum atomic E-state index is 11.6. The Balaban J connectivity index is 2.34. The van der Waals surface area contributed by atoms with Gasteiger partial charge in [0.1, 0.15) is 0 Å². The van der Waals surface area contributed by atoms with Crippen LogP contribution < -0.4 is 11.1 Å². The number of hydrogen-bond donors (Lipinski definition) is 2. The second-order valence-corrected chi connectivity index (χ2v) is 3.55. The molecule has 3 nitrogen and oxygen atoms in total. The van der Waals surface area contributed by atoms with Crippen molar-refractivity contribution in [2.75, 3.05) is 13.1 Å². The Morgan fingerprint density at radius 1 is 1.62 bits per heavy atom. The van der Waals surface area contributed by atoms with E-state index in [-0.39, 0.29) is 11.3 Å². The molecule has 3 heteroatoms. The van der Waals surface area contributed by atoms with Gasteiger partial charge in [-0.25, -0.2) is 0 Å². The summed E-state index contributed by atoms with van der Waals surface area (Å²) in [4.78, 5) is 11.6. The lowest BCUT2D eigenvalue weighted by atomic mass is 9.68. The van der Waals surface area contributed by atoms with E-state index in [1.54, 1.807) is 0 Å². The van der Waals surface area contributed by atoms with E-state index in [0.29, 0.717) is 19.5 Å². The van der Waals surface area contributed by atoms with Gasteiger partial charge in [-0.3, -0.25) is 4.79 Å². The molecule has 0 aromatic rings. The Bertz CT molecular complexity index is 220. The second kappa shape index (κ2) is 4.29. The van der Waals surface area contributed by atoms with E-state index in [1.807, 2.05) is 0 Å². The standard InChI is InChI=1S/C10H16N2O/c1-2-3-7-12-9(13)10(8-11)5-4-6-10/h1H,3-8,11H2,(H,12,13). The van der Waals surface area contributed by atoms with Gasteiger partial charge < -0.3 is 11.1 Å². The molecule has 1 saturated carbocycles. The Morgan fingerprint density at radius 2 is 2.31 bits per heavy atom. The maximum absolute atomic E-state index is 11.6. The highest BCUT2D eigenvalue weighted by Crippen LogP contribution is 2.39. The molecule has 3 N–H and O–H groups in total. The summed E-state index contributed by atoms with van der Waals surface area (Å²) in [5.41, 5.74) is 5.30. The summed E-state index contributed by atoms with van der Waals surface area (Å²) in [5.74, 6) is 2.56. The van der Waals surface area contributed by atoms with Crippen LogP contribution in [0.2, 0.25) is 0 Å². The van der Waals surface area contributed by atoms with Crippen LogP contribution in [0.15, 0.2) is 0 Å². The maximum Gasteiger partial charge on any atom is 0.227 e. The van der Waals surface area contributed by atoms with Crippen molar-refractivity contribution in [3.8, 4) is 12.3 Å². The Hall–Kier alpha value is -1.01. The zero-order valence-electron chi connectivity index (χ0n) is 7.81. The molecule has 72 valence electrons. The third-order valence-electron chi connectivity index (χ3n) is 2.74. The van der Waals surface area contributed by atoms with Crippen LogP contribution in [0.25, 0.3) is 0 Å². The summed E-state index contributed by atoms with van der Waals surface area (Å²) in [6, 6.07) is 0. The van der Waals surface area contributed by atoms with E-state index >= 15 is 0 Å². The second-order valence-electron chi connectivity index (χ2n) is 3.55. The summed E-state index contributed by atoms with van der Waals surface area (Å²) in [7, 11) is 0. The SMILES string of the molecule is C#CCCNC(=O)C1(CN)CCC1. The molecule has 13 heavy (non-hydrogen) atoms. The van der Waals surface area contributed by atoms with Crippen LogP contribution in [0.1, 0.15) is 25.7 Å². The van der Waals surface area contributed by atoms with Crippen LogP contribution >= 0.6 is 0 Å². The highest BCUT2D eigenvalue weighted by atomic mass is 16.2. The van der Waals surface area contributed by atoms with Crippen molar-refractivity contribution >= 4 is 5.91 Å². The van der Waals surface area contributed by atoms with Gasteiger partial charge in [0.05, 0.1) is 5.41 Å². The van der Waals surface area contributed by atoms with Crippen molar-refractivity contribution in [3.63, 3.8) is 0 Å². The molecule has 0 atom stereocenters. The highest BCUT2D eigenvalue weighted by Gasteiger charge is 2.42. The van der Waals surface area contributed by atoms with Gasteiger partial charge in [0.15, 0.2) is 0 Å². The first-order valence-corrected chi connectivity index (χ1v) is 4.67. The quantitative estimate of drug-likeness (QED) is 0.481. The fraction of sp³-hybridized carbons (Fsp3) is 0.700. The zero-order chi connectivity index (χ0) is 9.73. The van der Waals surface area contributed by atoms with Crippen LogP contribution in [-0.4, -0.2) is 19.0 Å². The summed E-state index contributed by atoms with van der Waals surface area (Å²) in [6.45, 7) is 1.02. The monoisotopic (exact) mass is 180 g/mol. The lowest BCUT2D eigenvalue weighted by Crippen LogP contribution is -2.50. The van der Waals surface area contributed by atoms with Crippen LogP contribution in [0.3, 0.4) is 0 Å². The van der Waals surface area contributed by atoms with E-state index in [0.717, 1.165) is 19.3 Å². The van der Waals surface area contributed by atoms with E-state index < -0.39 is 0 Å². The van der Waals surface area contributed by atoms with Crippen molar-refractivity contribution in [2.45, 2.75) is 25.7 Å². The topological polar surface area (TPSA) is 55.1 Å². The minimum atomic E-state index is -0.269. The number of carbonyl (C=O) groups excluding carboxylic acids is 1. The van der Waals surface area contributed by atoms with Crippen LogP contribution in [0.4, 0.5) is 0 Å². The zero-order valence-corrected chi connectivity index (χ0v) is 7.81. The van der Waals surface area contributed by atoms with Crippen LogP contribution in [0, 0.1) is 17.8 Å². The van der Waals surface area contributed by atoms with E-state index in [1.165, 1.54) is 0 Å². The normalized spacial score (nSPS) is 18.5. The molecule has 0 bridgehead atoms. The van der Waals surface area contributed by atoms with Crippen LogP contribution in [0.5, 0.6) is 0 Å². The number of carbonyl (C=O) groups is 1. The molecule has 0 aromatic carbocycles. The predicted molar refractivity (Wildman–Crippen MR) is 51.8 cm³/mol. The molecular weight excluding hydrogens is 164 g/mol. The smallest absolute Gasteiger partial charge is 0.227 e. The largest absolute Gasteiger partial charge is 0.355 e. The molecule has 0 heterocycles. The molecular formula is C10H16N2O. The van der Waals surface area contributed by atoms with Gasteiger partial charge >= 0.3 is 0 Å². The Morgan fingerprint density at radius 3 is 2.69 bits per heavy atom. The number of rotatable bonds is 4. The van der Waals surface area contributed by atoms with Gasteiger partial charge in [-0.15, -0.1) is 12.3 Å². The number of terminal acetylenes is 1. The summed E-state index contributed by atoms with van der Waals surface area (Å²) >= 11 is 0. The number of nitrogens with two attached hydrogens (primary N) is 1.